The molecule has 0 aromatic carbocycles. The molecule has 0 aromatic heterocycles. The standard InChI is InChI=1S/C13H26N2O2/c1-11(2)12-8-14-5-6-15(12)9-13(16-3)4-7-17-10-13/h11-12,14H,4-10H2,1-3H3. The fourth-order valence-electron chi connectivity index (χ4n) is 2.93. The average molecular weight is 242 g/mol. The first kappa shape index (κ1) is 13.3. The minimum absolute atomic E-state index is 0.0650. The molecule has 0 radical (unpaired) electrons. The molecule has 0 aliphatic carbocycles. The Morgan fingerprint density at radius 2 is 2.35 bits per heavy atom. The predicted molar refractivity (Wildman–Crippen MR) is 68.2 cm³/mol. The van der Waals surface area contributed by atoms with E-state index in [0.29, 0.717) is 12.0 Å². The highest BCUT2D eigenvalue weighted by Gasteiger charge is 2.39. The van der Waals surface area contributed by atoms with Crippen molar-refractivity contribution >= 4 is 0 Å². The van der Waals surface area contributed by atoms with Crippen LogP contribution in [0.25, 0.3) is 0 Å². The molecular weight excluding hydrogens is 216 g/mol. The Balaban J connectivity index is 1.99. The van der Waals surface area contributed by atoms with E-state index < -0.39 is 0 Å². The molecule has 0 amide bonds. The lowest BCUT2D eigenvalue weighted by Crippen LogP contribution is -2.58. The molecule has 4 nitrogen and oxygen atoms in total. The fraction of sp³-hybridized carbons (Fsp3) is 1.00. The molecule has 17 heavy (non-hydrogen) atoms. The van der Waals surface area contributed by atoms with Gasteiger partial charge in [-0.05, 0) is 5.92 Å². The van der Waals surface area contributed by atoms with Gasteiger partial charge < -0.3 is 14.8 Å². The molecule has 2 aliphatic rings. The topological polar surface area (TPSA) is 33.7 Å². The summed E-state index contributed by atoms with van der Waals surface area (Å²) in [6, 6.07) is 0.622. The summed E-state index contributed by atoms with van der Waals surface area (Å²) >= 11 is 0. The summed E-state index contributed by atoms with van der Waals surface area (Å²) in [6.45, 7) is 10.5. The third-order valence-corrected chi connectivity index (χ3v) is 4.16. The number of methoxy groups -OCH3 is 1. The number of hydrogen-bond acceptors (Lipinski definition) is 4. The minimum atomic E-state index is -0.0650. The summed E-state index contributed by atoms with van der Waals surface area (Å²) in [4.78, 5) is 2.58. The summed E-state index contributed by atoms with van der Waals surface area (Å²) in [5, 5.41) is 3.49. The maximum absolute atomic E-state index is 5.74. The SMILES string of the molecule is COC1(CN2CCNCC2C(C)C)CCOC1. The van der Waals surface area contributed by atoms with E-state index in [1.165, 1.54) is 0 Å². The van der Waals surface area contributed by atoms with Crippen LogP contribution in [0.2, 0.25) is 0 Å². The first-order valence-electron chi connectivity index (χ1n) is 6.74. The lowest BCUT2D eigenvalue weighted by atomic mass is 9.96. The van der Waals surface area contributed by atoms with E-state index in [-0.39, 0.29) is 5.60 Å². The van der Waals surface area contributed by atoms with Crippen LogP contribution in [0, 0.1) is 5.92 Å². The van der Waals surface area contributed by atoms with Crippen molar-refractivity contribution in [3.05, 3.63) is 0 Å². The molecule has 1 N–H and O–H groups in total. The maximum atomic E-state index is 5.74. The summed E-state index contributed by atoms with van der Waals surface area (Å²) in [7, 11) is 1.82. The molecule has 0 aromatic rings. The molecule has 2 aliphatic heterocycles. The molecule has 2 atom stereocenters. The second-order valence-electron chi connectivity index (χ2n) is 5.68. The Morgan fingerprint density at radius 3 is 2.94 bits per heavy atom. The highest BCUT2D eigenvalue weighted by molar-refractivity contribution is 4.92. The molecule has 2 unspecified atom stereocenters. The minimum Gasteiger partial charge on any atom is -0.378 e. The van der Waals surface area contributed by atoms with Crippen LogP contribution in [0.4, 0.5) is 0 Å². The van der Waals surface area contributed by atoms with Crippen LogP contribution in [0.5, 0.6) is 0 Å². The van der Waals surface area contributed by atoms with Crippen molar-refractivity contribution in [1.82, 2.24) is 10.2 Å². The fourth-order valence-corrected chi connectivity index (χ4v) is 2.93. The van der Waals surface area contributed by atoms with E-state index in [1.54, 1.807) is 0 Å². The van der Waals surface area contributed by atoms with Gasteiger partial charge in [0.15, 0.2) is 0 Å². The van der Waals surface area contributed by atoms with Crippen LogP contribution in [0.15, 0.2) is 0 Å². The molecule has 2 heterocycles. The molecule has 0 spiro atoms. The molecule has 0 bridgehead atoms. The molecule has 2 fully saturated rings. The second kappa shape index (κ2) is 5.65. The van der Waals surface area contributed by atoms with Gasteiger partial charge in [0.25, 0.3) is 0 Å². The summed E-state index contributed by atoms with van der Waals surface area (Å²) in [6.07, 6.45) is 1.03. The molecular formula is C13H26N2O2. The van der Waals surface area contributed by atoms with E-state index in [1.807, 2.05) is 7.11 Å². The van der Waals surface area contributed by atoms with Gasteiger partial charge in [-0.15, -0.1) is 0 Å². The van der Waals surface area contributed by atoms with Gasteiger partial charge in [-0.2, -0.15) is 0 Å². The zero-order valence-electron chi connectivity index (χ0n) is 11.4. The van der Waals surface area contributed by atoms with Crippen molar-refractivity contribution in [3.8, 4) is 0 Å². The zero-order valence-corrected chi connectivity index (χ0v) is 11.4. The molecule has 2 saturated heterocycles. The van der Waals surface area contributed by atoms with Gasteiger partial charge >= 0.3 is 0 Å². The molecule has 100 valence electrons. The van der Waals surface area contributed by atoms with Crippen LogP contribution in [0.3, 0.4) is 0 Å². The first-order valence-corrected chi connectivity index (χ1v) is 6.74. The van der Waals surface area contributed by atoms with Crippen molar-refractivity contribution in [2.45, 2.75) is 31.9 Å². The number of piperazine rings is 1. The molecule has 0 saturated carbocycles. The highest BCUT2D eigenvalue weighted by atomic mass is 16.5. The monoisotopic (exact) mass is 242 g/mol. The first-order chi connectivity index (χ1) is 8.17. The van der Waals surface area contributed by atoms with Crippen molar-refractivity contribution in [2.75, 3.05) is 46.5 Å². The van der Waals surface area contributed by atoms with E-state index >= 15 is 0 Å². The van der Waals surface area contributed by atoms with Crippen molar-refractivity contribution < 1.29 is 9.47 Å². The number of nitrogens with one attached hydrogen (secondary N) is 1. The summed E-state index contributed by atoms with van der Waals surface area (Å²) in [5.41, 5.74) is -0.0650. The second-order valence-corrected chi connectivity index (χ2v) is 5.68. The Labute approximate surface area is 105 Å². The van der Waals surface area contributed by atoms with Crippen LogP contribution >= 0.6 is 0 Å². The predicted octanol–water partition coefficient (Wildman–Crippen LogP) is 0.722. The van der Waals surface area contributed by atoms with Crippen molar-refractivity contribution in [1.29, 1.82) is 0 Å². The zero-order chi connectivity index (χ0) is 12.3. The smallest absolute Gasteiger partial charge is 0.106 e. The number of ether oxygens (including phenoxy) is 2. The van der Waals surface area contributed by atoms with Gasteiger partial charge in [-0.1, -0.05) is 13.8 Å². The van der Waals surface area contributed by atoms with Crippen LogP contribution in [0.1, 0.15) is 20.3 Å². The highest BCUT2D eigenvalue weighted by Crippen LogP contribution is 2.26. The van der Waals surface area contributed by atoms with E-state index in [9.17, 15) is 0 Å². The largest absolute Gasteiger partial charge is 0.378 e. The van der Waals surface area contributed by atoms with E-state index in [4.69, 9.17) is 9.47 Å². The summed E-state index contributed by atoms with van der Waals surface area (Å²) < 4.78 is 11.3. The lowest BCUT2D eigenvalue weighted by molar-refractivity contribution is -0.0557. The van der Waals surface area contributed by atoms with Gasteiger partial charge in [0.2, 0.25) is 0 Å². The van der Waals surface area contributed by atoms with Gasteiger partial charge in [-0.3, -0.25) is 4.90 Å². The van der Waals surface area contributed by atoms with Crippen LogP contribution < -0.4 is 5.32 Å². The van der Waals surface area contributed by atoms with Crippen molar-refractivity contribution in [2.24, 2.45) is 5.92 Å². The third-order valence-electron chi connectivity index (χ3n) is 4.16. The normalized spacial score (nSPS) is 35.6. The van der Waals surface area contributed by atoms with E-state index in [2.05, 4.69) is 24.1 Å². The Bertz CT molecular complexity index is 240. The lowest BCUT2D eigenvalue weighted by Gasteiger charge is -2.42. The van der Waals surface area contributed by atoms with Gasteiger partial charge in [-0.25, -0.2) is 0 Å². The number of hydrogen-bond donors (Lipinski definition) is 1. The number of rotatable bonds is 4. The molecule has 2 rings (SSSR count). The number of nitrogens with zero attached hydrogens (tertiary/aromatic N) is 1. The van der Waals surface area contributed by atoms with Crippen molar-refractivity contribution in [3.63, 3.8) is 0 Å². The molecule has 4 heteroatoms. The maximum Gasteiger partial charge on any atom is 0.106 e. The average Bonchev–Trinajstić information content (AvgIpc) is 2.79. The van der Waals surface area contributed by atoms with Gasteiger partial charge in [0.05, 0.1) is 6.61 Å². The summed E-state index contributed by atoms with van der Waals surface area (Å²) in [5.74, 6) is 0.680. The van der Waals surface area contributed by atoms with Crippen LogP contribution in [-0.2, 0) is 9.47 Å². The Morgan fingerprint density at radius 1 is 1.53 bits per heavy atom. The quantitative estimate of drug-likeness (QED) is 0.788. The Hall–Kier alpha value is -0.160. The Kier molecular flexibility index (Phi) is 4.42. The van der Waals surface area contributed by atoms with Gasteiger partial charge in [0, 0.05) is 52.4 Å². The van der Waals surface area contributed by atoms with E-state index in [0.717, 1.165) is 45.8 Å². The third kappa shape index (κ3) is 2.99. The van der Waals surface area contributed by atoms with Gasteiger partial charge in [0.1, 0.15) is 5.60 Å². The van der Waals surface area contributed by atoms with Crippen LogP contribution in [-0.4, -0.2) is 63.0 Å².